The molecule has 0 aliphatic heterocycles. The van der Waals surface area contributed by atoms with Crippen LogP contribution in [0.2, 0.25) is 0 Å². The van der Waals surface area contributed by atoms with Crippen LogP contribution >= 0.6 is 11.3 Å². The number of rotatable bonds is 5. The van der Waals surface area contributed by atoms with Crippen LogP contribution in [-0.2, 0) is 28.9 Å². The van der Waals surface area contributed by atoms with Crippen molar-refractivity contribution in [3.63, 3.8) is 0 Å². The third-order valence-corrected chi connectivity index (χ3v) is 6.30. The molecule has 0 saturated heterocycles. The van der Waals surface area contributed by atoms with Crippen LogP contribution in [0.4, 0.5) is 10.9 Å². The minimum Gasteiger partial charge on any atom is -0.465 e. The summed E-state index contributed by atoms with van der Waals surface area (Å²) >= 11 is 1.39. The van der Waals surface area contributed by atoms with E-state index in [1.165, 1.54) is 18.4 Å². The molecule has 0 aromatic carbocycles. The minimum absolute atomic E-state index is 0.151. The largest absolute Gasteiger partial charge is 0.490 e. The Hall–Kier alpha value is -2.82. The second-order valence-corrected chi connectivity index (χ2v) is 9.16. The second-order valence-electron chi connectivity index (χ2n) is 8.05. The highest BCUT2D eigenvalue weighted by atomic mass is 32.1. The maximum Gasteiger partial charge on any atom is 0.490 e. The first-order valence-corrected chi connectivity index (χ1v) is 9.98. The van der Waals surface area contributed by atoms with E-state index in [1.807, 2.05) is 0 Å². The second kappa shape index (κ2) is 7.90. The molecule has 2 aromatic rings. The van der Waals surface area contributed by atoms with Crippen molar-refractivity contribution in [3.8, 4) is 0 Å². The number of nitrogens with one attached hydrogen (secondary N) is 1. The van der Waals surface area contributed by atoms with Gasteiger partial charge in [0.25, 0.3) is 0 Å². The number of methoxy groups -OCH3 is 1. The van der Waals surface area contributed by atoms with E-state index in [2.05, 4.69) is 36.2 Å². The molecule has 0 spiro atoms. The lowest BCUT2D eigenvalue weighted by Crippen LogP contribution is -2.26. The zero-order chi connectivity index (χ0) is 21.3. The van der Waals surface area contributed by atoms with Gasteiger partial charge in [-0.1, -0.05) is 25.8 Å². The number of carbonyl (C=O) groups is 2. The number of thiophene rings is 1. The molecule has 1 aliphatic carbocycles. The van der Waals surface area contributed by atoms with E-state index in [4.69, 9.17) is 4.74 Å². The van der Waals surface area contributed by atoms with Gasteiger partial charge in [0.2, 0.25) is 12.2 Å². The van der Waals surface area contributed by atoms with Crippen LogP contribution in [0.15, 0.2) is 6.33 Å². The Balaban J connectivity index is 1.82. The summed E-state index contributed by atoms with van der Waals surface area (Å²) in [6.07, 6.45) is 3.68. The lowest BCUT2D eigenvalue weighted by Gasteiger charge is -2.33. The van der Waals surface area contributed by atoms with Crippen molar-refractivity contribution in [2.75, 3.05) is 12.4 Å². The number of hydrogen-bond donors (Lipinski definition) is 1. The Morgan fingerprint density at radius 2 is 2.17 bits per heavy atom. The Morgan fingerprint density at radius 1 is 1.45 bits per heavy atom. The standard InChI is InChI=1S/C18H23N5O5S/c1-18(2,3)10-5-6-11-12(7-10)29-15(14(11)16(25)28-4)20-13(24)8-22-9-19-17(21-22)23(26)27/h9-10H,5-8H2,1-4H3,(H,20,24)/t10-/m1/s1. The molecule has 0 unspecified atom stereocenters. The van der Waals surface area contributed by atoms with E-state index in [1.54, 1.807) is 0 Å². The number of aromatic nitrogens is 3. The van der Waals surface area contributed by atoms with E-state index in [0.29, 0.717) is 16.5 Å². The number of esters is 1. The lowest BCUT2D eigenvalue weighted by atomic mass is 9.72. The van der Waals surface area contributed by atoms with E-state index in [9.17, 15) is 19.7 Å². The van der Waals surface area contributed by atoms with Crippen molar-refractivity contribution in [1.82, 2.24) is 14.8 Å². The summed E-state index contributed by atoms with van der Waals surface area (Å²) in [6.45, 7) is 6.36. The SMILES string of the molecule is COC(=O)c1c(NC(=O)Cn2cnc([N+](=O)[O-])n2)sc2c1CC[C@@H](C(C)(C)C)C2. The van der Waals surface area contributed by atoms with Crippen molar-refractivity contribution >= 4 is 34.2 Å². The Kier molecular flexibility index (Phi) is 5.69. The minimum atomic E-state index is -0.733. The van der Waals surface area contributed by atoms with Gasteiger partial charge in [-0.25, -0.2) is 4.79 Å². The Labute approximate surface area is 171 Å². The van der Waals surface area contributed by atoms with Gasteiger partial charge in [0, 0.05) is 9.98 Å². The monoisotopic (exact) mass is 421 g/mol. The Morgan fingerprint density at radius 3 is 2.76 bits per heavy atom. The summed E-state index contributed by atoms with van der Waals surface area (Å²) in [5.74, 6) is -1.03. The molecule has 11 heteroatoms. The lowest BCUT2D eigenvalue weighted by molar-refractivity contribution is -0.394. The first-order chi connectivity index (χ1) is 13.6. The maximum atomic E-state index is 12.4. The smallest absolute Gasteiger partial charge is 0.465 e. The van der Waals surface area contributed by atoms with Crippen molar-refractivity contribution in [1.29, 1.82) is 0 Å². The quantitative estimate of drug-likeness (QED) is 0.446. The van der Waals surface area contributed by atoms with Gasteiger partial charge in [0.1, 0.15) is 11.5 Å². The zero-order valence-corrected chi connectivity index (χ0v) is 17.5. The number of hydrogen-bond acceptors (Lipinski definition) is 8. The van der Waals surface area contributed by atoms with E-state index in [-0.39, 0.29) is 12.0 Å². The molecule has 0 saturated carbocycles. The van der Waals surface area contributed by atoms with E-state index < -0.39 is 22.7 Å². The molecular formula is C18H23N5O5S. The van der Waals surface area contributed by atoms with Crippen LogP contribution in [0, 0.1) is 21.4 Å². The van der Waals surface area contributed by atoms with Crippen molar-refractivity contribution in [2.24, 2.45) is 11.3 Å². The summed E-state index contributed by atoms with van der Waals surface area (Å²) < 4.78 is 6.02. The third-order valence-electron chi connectivity index (χ3n) is 5.13. The molecule has 29 heavy (non-hydrogen) atoms. The zero-order valence-electron chi connectivity index (χ0n) is 16.7. The molecular weight excluding hydrogens is 398 g/mol. The van der Waals surface area contributed by atoms with Gasteiger partial charge in [-0.3, -0.25) is 4.79 Å². The summed E-state index contributed by atoms with van der Waals surface area (Å²) in [4.78, 5) is 39.4. The summed E-state index contributed by atoms with van der Waals surface area (Å²) in [5, 5.41) is 17.5. The average Bonchev–Trinajstić information content (AvgIpc) is 3.23. The van der Waals surface area contributed by atoms with Crippen LogP contribution < -0.4 is 5.32 Å². The first-order valence-electron chi connectivity index (χ1n) is 9.16. The van der Waals surface area contributed by atoms with Crippen LogP contribution in [0.5, 0.6) is 0 Å². The molecule has 156 valence electrons. The molecule has 2 aromatic heterocycles. The molecule has 2 heterocycles. The molecule has 0 fully saturated rings. The van der Waals surface area contributed by atoms with Gasteiger partial charge < -0.3 is 20.2 Å². The van der Waals surface area contributed by atoms with Gasteiger partial charge in [-0.05, 0) is 41.1 Å². The van der Waals surface area contributed by atoms with Gasteiger partial charge in [0.15, 0.2) is 0 Å². The average molecular weight is 421 g/mol. The molecule has 1 amide bonds. The maximum absolute atomic E-state index is 12.4. The molecule has 1 atom stereocenters. The Bertz CT molecular complexity index is 958. The summed E-state index contributed by atoms with van der Waals surface area (Å²) in [5.41, 5.74) is 1.49. The number of anilines is 1. The van der Waals surface area contributed by atoms with Crippen molar-refractivity contribution in [3.05, 3.63) is 32.4 Å². The normalized spacial score (nSPS) is 16.2. The predicted octanol–water partition coefficient (Wildman–Crippen LogP) is 2.82. The van der Waals surface area contributed by atoms with Gasteiger partial charge in [0.05, 0.1) is 12.7 Å². The fourth-order valence-electron chi connectivity index (χ4n) is 3.49. The highest BCUT2D eigenvalue weighted by molar-refractivity contribution is 7.17. The number of carbonyl (C=O) groups excluding carboxylic acids is 2. The molecule has 1 N–H and O–H groups in total. The van der Waals surface area contributed by atoms with Crippen molar-refractivity contribution in [2.45, 2.75) is 46.6 Å². The molecule has 1 aliphatic rings. The highest BCUT2D eigenvalue weighted by Gasteiger charge is 2.34. The van der Waals surface area contributed by atoms with Crippen LogP contribution in [0.25, 0.3) is 0 Å². The predicted molar refractivity (Wildman–Crippen MR) is 106 cm³/mol. The van der Waals surface area contributed by atoms with Crippen LogP contribution in [0.1, 0.15) is 48.0 Å². The van der Waals surface area contributed by atoms with Crippen LogP contribution in [-0.4, -0.2) is 38.7 Å². The summed E-state index contributed by atoms with van der Waals surface area (Å²) in [6, 6.07) is 0. The third kappa shape index (κ3) is 4.44. The van der Waals surface area contributed by atoms with E-state index >= 15 is 0 Å². The van der Waals surface area contributed by atoms with Gasteiger partial charge in [-0.2, -0.15) is 4.68 Å². The number of fused-ring (bicyclic) bond motifs is 1. The molecule has 0 radical (unpaired) electrons. The van der Waals surface area contributed by atoms with Gasteiger partial charge in [-0.15, -0.1) is 11.3 Å². The fraction of sp³-hybridized carbons (Fsp3) is 0.556. The molecule has 3 rings (SSSR count). The number of nitro groups is 1. The van der Waals surface area contributed by atoms with Gasteiger partial charge >= 0.3 is 11.9 Å². The number of nitrogens with zero attached hydrogens (tertiary/aromatic N) is 4. The first kappa shape index (κ1) is 20.9. The van der Waals surface area contributed by atoms with Crippen LogP contribution in [0.3, 0.4) is 0 Å². The summed E-state index contributed by atoms with van der Waals surface area (Å²) in [7, 11) is 1.31. The van der Waals surface area contributed by atoms with Crippen molar-refractivity contribution < 1.29 is 19.2 Å². The molecule has 10 nitrogen and oxygen atoms in total. The number of ether oxygens (including phenoxy) is 1. The topological polar surface area (TPSA) is 129 Å². The highest BCUT2D eigenvalue weighted by Crippen LogP contribution is 2.44. The van der Waals surface area contributed by atoms with E-state index in [0.717, 1.165) is 40.7 Å². The molecule has 0 bridgehead atoms. The number of amides is 1. The fourth-order valence-corrected chi connectivity index (χ4v) is 4.82.